The van der Waals surface area contributed by atoms with Gasteiger partial charge in [0.25, 0.3) is 5.91 Å². The topological polar surface area (TPSA) is 135 Å². The molecule has 224 valence electrons. The molecule has 2 heterocycles. The molecule has 4 aromatic rings. The zero-order valence-electron chi connectivity index (χ0n) is 24.5. The Hall–Kier alpha value is -4.70. The molecule has 0 bridgehead atoms. The number of rotatable bonds is 13. The highest BCUT2D eigenvalue weighted by Gasteiger charge is 2.23. The second-order valence-corrected chi connectivity index (χ2v) is 10.7. The average Bonchev–Trinajstić information content (AvgIpc) is 3.56. The molecule has 0 unspecified atom stereocenters. The number of aromatic amines is 1. The van der Waals surface area contributed by atoms with Crippen LogP contribution in [0.15, 0.2) is 84.1 Å². The Morgan fingerprint density at radius 3 is 2.60 bits per heavy atom. The predicted octanol–water partition coefficient (Wildman–Crippen LogP) is 3.55. The summed E-state index contributed by atoms with van der Waals surface area (Å²) in [5.41, 5.74) is 2.59. The minimum atomic E-state index is -0.692. The molecule has 1 aliphatic heterocycles. The van der Waals surface area contributed by atoms with E-state index in [4.69, 9.17) is 0 Å². The molecule has 10 heteroatoms. The summed E-state index contributed by atoms with van der Waals surface area (Å²) in [5.74, 6) is 1.17. The summed E-state index contributed by atoms with van der Waals surface area (Å²) in [6.45, 7) is 5.60. The first-order valence-electron chi connectivity index (χ1n) is 15.0. The van der Waals surface area contributed by atoms with Crippen LogP contribution >= 0.6 is 0 Å². The molecule has 5 rings (SSSR count). The summed E-state index contributed by atoms with van der Waals surface area (Å²) in [6.07, 6.45) is 5.71. The monoisotopic (exact) mass is 580 g/mol. The highest BCUT2D eigenvalue weighted by Crippen LogP contribution is 2.24. The number of aromatic nitrogens is 2. The molecule has 0 saturated heterocycles. The van der Waals surface area contributed by atoms with Crippen molar-refractivity contribution in [2.75, 3.05) is 19.6 Å². The molecular weight excluding hydrogens is 540 g/mol. The molecule has 2 atom stereocenters. The number of carbonyl (C=O) groups is 2. The van der Waals surface area contributed by atoms with Crippen molar-refractivity contribution in [2.24, 2.45) is 4.99 Å². The van der Waals surface area contributed by atoms with E-state index in [0.29, 0.717) is 38.0 Å². The fraction of sp³-hybridized carbons (Fsp3) is 0.333. The Kier molecular flexibility index (Phi) is 10.4. The lowest BCUT2D eigenvalue weighted by atomic mass is 9.99. The van der Waals surface area contributed by atoms with Crippen molar-refractivity contribution in [1.29, 1.82) is 0 Å². The number of H-pyrrole nitrogens is 1. The smallest absolute Gasteiger partial charge is 0.251 e. The standard InChI is InChI=1S/C33H40N8O2/c1-23(27-10-4-8-25-7-2-3-9-28(25)27)40-32(43)29(11-5-16-37-33-38-17-6-18-39-33)41-31(42)26-14-12-24(13-15-26)21-34-22-30-35-19-20-36-30/h2-4,7-10,12-15,19-20,23,29,34H,5-6,11,16-18,21-22H2,1H3,(H,35,36)(H,40,43)(H,41,42)(H2,37,38,39)/t23-,29-/m0/s1. The van der Waals surface area contributed by atoms with Crippen LogP contribution in [0, 0.1) is 0 Å². The minimum Gasteiger partial charge on any atom is -0.356 e. The number of nitrogens with one attached hydrogen (secondary N) is 6. The van der Waals surface area contributed by atoms with Crippen LogP contribution in [0.4, 0.5) is 0 Å². The third-order valence-electron chi connectivity index (χ3n) is 7.52. The molecule has 0 aliphatic carbocycles. The van der Waals surface area contributed by atoms with Crippen LogP contribution in [0.25, 0.3) is 10.8 Å². The van der Waals surface area contributed by atoms with Gasteiger partial charge >= 0.3 is 0 Å². The van der Waals surface area contributed by atoms with Gasteiger partial charge in [0.2, 0.25) is 5.91 Å². The normalized spacial score (nSPS) is 14.3. The van der Waals surface area contributed by atoms with Gasteiger partial charge < -0.3 is 31.6 Å². The number of aliphatic imine (C=N–C) groups is 1. The number of imidazole rings is 1. The van der Waals surface area contributed by atoms with Gasteiger partial charge in [-0.25, -0.2) is 4.98 Å². The number of amides is 2. The predicted molar refractivity (Wildman–Crippen MR) is 169 cm³/mol. The molecule has 3 aromatic carbocycles. The van der Waals surface area contributed by atoms with Gasteiger partial charge in [0.1, 0.15) is 11.9 Å². The van der Waals surface area contributed by atoms with Crippen LogP contribution in [0.5, 0.6) is 0 Å². The minimum absolute atomic E-state index is 0.208. The van der Waals surface area contributed by atoms with Gasteiger partial charge in [0, 0.05) is 44.1 Å². The lowest BCUT2D eigenvalue weighted by Crippen LogP contribution is -2.48. The van der Waals surface area contributed by atoms with Crippen LogP contribution in [-0.2, 0) is 17.9 Å². The fourth-order valence-electron chi connectivity index (χ4n) is 5.19. The average molecular weight is 581 g/mol. The molecule has 6 N–H and O–H groups in total. The maximum Gasteiger partial charge on any atom is 0.251 e. The Bertz CT molecular complexity index is 1510. The highest BCUT2D eigenvalue weighted by atomic mass is 16.2. The SMILES string of the molecule is C[C@H](NC(=O)[C@H](CCCNC1=NCCCN1)NC(=O)c1ccc(CNCc2ncc[nH]2)cc1)c1cccc2ccccc12. The highest BCUT2D eigenvalue weighted by molar-refractivity contribution is 5.97. The summed E-state index contributed by atoms with van der Waals surface area (Å²) in [7, 11) is 0. The van der Waals surface area contributed by atoms with E-state index in [-0.39, 0.29) is 17.9 Å². The Balaban J connectivity index is 1.21. The van der Waals surface area contributed by atoms with Crippen LogP contribution < -0.4 is 26.6 Å². The number of benzene rings is 3. The van der Waals surface area contributed by atoms with Gasteiger partial charge in [-0.3, -0.25) is 14.6 Å². The maximum absolute atomic E-state index is 13.6. The lowest BCUT2D eigenvalue weighted by molar-refractivity contribution is -0.123. The van der Waals surface area contributed by atoms with E-state index >= 15 is 0 Å². The van der Waals surface area contributed by atoms with E-state index in [1.165, 1.54) is 0 Å². The molecule has 0 fully saturated rings. The van der Waals surface area contributed by atoms with Crippen molar-refractivity contribution in [1.82, 2.24) is 36.6 Å². The molecule has 1 aromatic heterocycles. The quantitative estimate of drug-likeness (QED) is 0.134. The van der Waals surface area contributed by atoms with Crippen molar-refractivity contribution in [3.05, 3.63) is 102 Å². The van der Waals surface area contributed by atoms with Crippen molar-refractivity contribution < 1.29 is 9.59 Å². The van der Waals surface area contributed by atoms with Crippen LogP contribution in [0.1, 0.15) is 59.5 Å². The van der Waals surface area contributed by atoms with Crippen molar-refractivity contribution in [3.63, 3.8) is 0 Å². The fourth-order valence-corrected chi connectivity index (χ4v) is 5.19. The zero-order valence-corrected chi connectivity index (χ0v) is 24.5. The molecule has 0 saturated carbocycles. The number of fused-ring (bicyclic) bond motifs is 1. The maximum atomic E-state index is 13.6. The van der Waals surface area contributed by atoms with Crippen LogP contribution in [0.2, 0.25) is 0 Å². The molecule has 0 radical (unpaired) electrons. The van der Waals surface area contributed by atoms with E-state index in [2.05, 4.69) is 59.7 Å². The number of hydrogen-bond donors (Lipinski definition) is 6. The van der Waals surface area contributed by atoms with Gasteiger partial charge in [-0.05, 0) is 60.2 Å². The molecule has 43 heavy (non-hydrogen) atoms. The summed E-state index contributed by atoms with van der Waals surface area (Å²) < 4.78 is 0. The van der Waals surface area contributed by atoms with E-state index < -0.39 is 6.04 Å². The Labute approximate surface area is 252 Å². The second-order valence-electron chi connectivity index (χ2n) is 10.7. The van der Waals surface area contributed by atoms with Gasteiger partial charge in [0.15, 0.2) is 5.96 Å². The Morgan fingerprint density at radius 1 is 0.977 bits per heavy atom. The molecular formula is C33H40N8O2. The molecule has 1 aliphatic rings. The molecule has 0 spiro atoms. The van der Waals surface area contributed by atoms with Crippen molar-refractivity contribution >= 4 is 28.5 Å². The largest absolute Gasteiger partial charge is 0.356 e. The summed E-state index contributed by atoms with van der Waals surface area (Å²) in [4.78, 5) is 38.6. The first kappa shape index (κ1) is 29.8. The third-order valence-corrected chi connectivity index (χ3v) is 7.52. The lowest BCUT2D eigenvalue weighted by Gasteiger charge is -2.23. The number of carbonyl (C=O) groups excluding carboxylic acids is 2. The van der Waals surface area contributed by atoms with E-state index in [9.17, 15) is 9.59 Å². The van der Waals surface area contributed by atoms with Gasteiger partial charge in [0.05, 0.1) is 12.6 Å². The van der Waals surface area contributed by atoms with Gasteiger partial charge in [-0.2, -0.15) is 0 Å². The van der Waals surface area contributed by atoms with Gasteiger partial charge in [-0.15, -0.1) is 0 Å². The number of nitrogens with zero attached hydrogens (tertiary/aromatic N) is 2. The van der Waals surface area contributed by atoms with Crippen molar-refractivity contribution in [2.45, 2.75) is 51.4 Å². The van der Waals surface area contributed by atoms with Gasteiger partial charge in [-0.1, -0.05) is 54.6 Å². The number of hydrogen-bond acceptors (Lipinski definition) is 7. The zero-order chi connectivity index (χ0) is 29.9. The summed E-state index contributed by atoms with van der Waals surface area (Å²) in [5, 5.41) is 18.2. The second kappa shape index (κ2) is 15.0. The Morgan fingerprint density at radius 2 is 1.81 bits per heavy atom. The third kappa shape index (κ3) is 8.42. The number of guanidine groups is 1. The van der Waals surface area contributed by atoms with E-state index in [1.807, 2.05) is 43.3 Å². The first-order chi connectivity index (χ1) is 21.1. The first-order valence-corrected chi connectivity index (χ1v) is 15.0. The molecule has 10 nitrogen and oxygen atoms in total. The summed E-state index contributed by atoms with van der Waals surface area (Å²) in [6, 6.07) is 20.7. The van der Waals surface area contributed by atoms with E-state index in [1.54, 1.807) is 24.5 Å². The van der Waals surface area contributed by atoms with Crippen LogP contribution in [0.3, 0.4) is 0 Å². The molecule has 2 amide bonds. The van der Waals surface area contributed by atoms with Crippen molar-refractivity contribution in [3.8, 4) is 0 Å². The summed E-state index contributed by atoms with van der Waals surface area (Å²) >= 11 is 0. The van der Waals surface area contributed by atoms with Crippen LogP contribution in [-0.4, -0.2) is 53.4 Å². The van der Waals surface area contributed by atoms with E-state index in [0.717, 1.165) is 53.2 Å².